The molecule has 5 heteroatoms. The molecule has 88 valence electrons. The monoisotopic (exact) mass is 261 g/mol. The first-order valence-corrected chi connectivity index (χ1v) is 5.64. The summed E-state index contributed by atoms with van der Waals surface area (Å²) in [5, 5.41) is 9.85. The molecule has 0 saturated carbocycles. The third kappa shape index (κ3) is 2.60. The molecule has 0 bridgehead atoms. The lowest BCUT2D eigenvalue weighted by atomic mass is 10.2. The number of carbonyl (C=O) groups is 1. The quantitative estimate of drug-likeness (QED) is 0.905. The minimum atomic E-state index is -0.874. The van der Waals surface area contributed by atoms with Gasteiger partial charge in [-0.1, -0.05) is 36.2 Å². The Morgan fingerprint density at radius 3 is 2.62 bits per heavy atom. The van der Waals surface area contributed by atoms with E-state index in [2.05, 4.69) is 0 Å². The molecule has 1 aromatic carbocycles. The third-order valence-corrected chi connectivity index (χ3v) is 3.26. The predicted octanol–water partition coefficient (Wildman–Crippen LogP) is 3.29. The van der Waals surface area contributed by atoms with Gasteiger partial charge in [0.15, 0.2) is 0 Å². The van der Waals surface area contributed by atoms with Crippen molar-refractivity contribution in [2.45, 2.75) is 19.4 Å². The Labute approximate surface area is 105 Å². The highest BCUT2D eigenvalue weighted by atomic mass is 35.5. The van der Waals surface area contributed by atoms with E-state index in [1.54, 1.807) is 30.1 Å². The van der Waals surface area contributed by atoms with Crippen LogP contribution in [0.3, 0.4) is 0 Å². The van der Waals surface area contributed by atoms with Gasteiger partial charge in [0, 0.05) is 7.05 Å². The summed E-state index contributed by atoms with van der Waals surface area (Å²) >= 11 is 11.9. The molecule has 1 N–H and O–H groups in total. The van der Waals surface area contributed by atoms with Crippen LogP contribution < -0.4 is 4.90 Å². The highest BCUT2D eigenvalue weighted by molar-refractivity contribution is 6.43. The second-order valence-electron chi connectivity index (χ2n) is 3.45. The number of rotatable bonds is 4. The van der Waals surface area contributed by atoms with E-state index in [0.717, 1.165) is 0 Å². The summed E-state index contributed by atoms with van der Waals surface area (Å²) in [5.41, 5.74) is 0.628. The van der Waals surface area contributed by atoms with Gasteiger partial charge in [-0.15, -0.1) is 0 Å². The normalized spacial score (nSPS) is 12.2. The maximum Gasteiger partial charge on any atom is 0.326 e. The van der Waals surface area contributed by atoms with Crippen LogP contribution >= 0.6 is 23.2 Å². The van der Waals surface area contributed by atoms with Gasteiger partial charge in [0.1, 0.15) is 6.04 Å². The molecule has 0 spiro atoms. The van der Waals surface area contributed by atoms with Crippen molar-refractivity contribution < 1.29 is 9.90 Å². The van der Waals surface area contributed by atoms with Crippen LogP contribution in [0.4, 0.5) is 5.69 Å². The average Bonchev–Trinajstić information content (AvgIpc) is 2.22. The van der Waals surface area contributed by atoms with Crippen LogP contribution in [-0.2, 0) is 4.79 Å². The van der Waals surface area contributed by atoms with Gasteiger partial charge >= 0.3 is 5.97 Å². The summed E-state index contributed by atoms with van der Waals surface area (Å²) in [7, 11) is 1.69. The molecule has 16 heavy (non-hydrogen) atoms. The van der Waals surface area contributed by atoms with Gasteiger partial charge in [0.2, 0.25) is 0 Å². The first-order valence-electron chi connectivity index (χ1n) is 4.88. The molecule has 0 aliphatic rings. The summed E-state index contributed by atoms with van der Waals surface area (Å²) in [6.07, 6.45) is 0.495. The van der Waals surface area contributed by atoms with Gasteiger partial charge in [-0.2, -0.15) is 0 Å². The number of benzene rings is 1. The van der Waals surface area contributed by atoms with Crippen LogP contribution in [0, 0.1) is 0 Å². The van der Waals surface area contributed by atoms with Crippen molar-refractivity contribution in [2.24, 2.45) is 0 Å². The van der Waals surface area contributed by atoms with Crippen molar-refractivity contribution in [3.05, 3.63) is 28.2 Å². The molecule has 1 aromatic rings. The van der Waals surface area contributed by atoms with Crippen molar-refractivity contribution in [1.29, 1.82) is 0 Å². The van der Waals surface area contributed by atoms with Crippen LogP contribution in [0.5, 0.6) is 0 Å². The highest BCUT2D eigenvalue weighted by Gasteiger charge is 2.22. The lowest BCUT2D eigenvalue weighted by Gasteiger charge is -2.26. The van der Waals surface area contributed by atoms with E-state index in [9.17, 15) is 4.79 Å². The minimum absolute atomic E-state index is 0.381. The molecular weight excluding hydrogens is 249 g/mol. The first-order chi connectivity index (χ1) is 7.49. The van der Waals surface area contributed by atoms with Crippen LogP contribution in [0.25, 0.3) is 0 Å². The van der Waals surface area contributed by atoms with Crippen LogP contribution in [0.2, 0.25) is 10.0 Å². The zero-order valence-electron chi connectivity index (χ0n) is 9.08. The van der Waals surface area contributed by atoms with Crippen molar-refractivity contribution in [1.82, 2.24) is 0 Å². The Morgan fingerprint density at radius 1 is 1.50 bits per heavy atom. The summed E-state index contributed by atoms with van der Waals surface area (Å²) in [4.78, 5) is 12.6. The van der Waals surface area contributed by atoms with E-state index in [-0.39, 0.29) is 0 Å². The molecule has 0 aromatic heterocycles. The Hall–Kier alpha value is -0.930. The van der Waals surface area contributed by atoms with Crippen LogP contribution in [0.15, 0.2) is 18.2 Å². The number of anilines is 1. The molecule has 1 rings (SSSR count). The summed E-state index contributed by atoms with van der Waals surface area (Å²) in [5.74, 6) is -0.874. The van der Waals surface area contributed by atoms with Crippen molar-refractivity contribution in [3.8, 4) is 0 Å². The molecule has 0 unspecified atom stereocenters. The molecule has 0 aliphatic heterocycles. The number of aliphatic carboxylic acids is 1. The smallest absolute Gasteiger partial charge is 0.326 e. The molecule has 0 aliphatic carbocycles. The standard InChI is InChI=1S/C11H13Cl2NO2/c1-3-8(11(15)16)14(2)9-6-4-5-7(12)10(9)13/h4-6,8H,3H2,1-2H3,(H,15,16)/t8-/m0/s1. The maximum absolute atomic E-state index is 11.0. The Kier molecular flexibility index (Phi) is 4.44. The zero-order chi connectivity index (χ0) is 12.3. The number of carboxylic acid groups (broad SMARTS) is 1. The summed E-state index contributed by atoms with van der Waals surface area (Å²) in [6.45, 7) is 1.81. The topological polar surface area (TPSA) is 40.5 Å². The Morgan fingerprint density at radius 2 is 2.12 bits per heavy atom. The van der Waals surface area contributed by atoms with Gasteiger partial charge in [-0.3, -0.25) is 0 Å². The van der Waals surface area contributed by atoms with Crippen LogP contribution in [0.1, 0.15) is 13.3 Å². The Bertz CT molecular complexity index is 396. The average molecular weight is 262 g/mol. The number of carboxylic acids is 1. The molecule has 0 fully saturated rings. The lowest BCUT2D eigenvalue weighted by molar-refractivity contribution is -0.138. The van der Waals surface area contributed by atoms with Gasteiger partial charge in [0.05, 0.1) is 15.7 Å². The maximum atomic E-state index is 11.0. The van der Waals surface area contributed by atoms with Gasteiger partial charge < -0.3 is 10.0 Å². The van der Waals surface area contributed by atoms with E-state index in [4.69, 9.17) is 28.3 Å². The van der Waals surface area contributed by atoms with E-state index >= 15 is 0 Å². The van der Waals surface area contributed by atoms with E-state index in [0.29, 0.717) is 22.2 Å². The molecule has 0 saturated heterocycles. The van der Waals surface area contributed by atoms with Gasteiger partial charge in [-0.25, -0.2) is 4.79 Å². The molecular formula is C11H13Cl2NO2. The van der Waals surface area contributed by atoms with E-state index < -0.39 is 12.0 Å². The Balaban J connectivity index is 3.08. The summed E-state index contributed by atoms with van der Waals surface area (Å²) in [6, 6.07) is 4.56. The lowest BCUT2D eigenvalue weighted by Crippen LogP contribution is -2.38. The molecule has 0 heterocycles. The fraction of sp³-hybridized carbons (Fsp3) is 0.364. The largest absolute Gasteiger partial charge is 0.480 e. The number of nitrogens with zero attached hydrogens (tertiary/aromatic N) is 1. The zero-order valence-corrected chi connectivity index (χ0v) is 10.6. The number of hydrogen-bond acceptors (Lipinski definition) is 2. The summed E-state index contributed by atoms with van der Waals surface area (Å²) < 4.78 is 0. The van der Waals surface area contributed by atoms with E-state index in [1.807, 2.05) is 6.92 Å². The number of hydrogen-bond donors (Lipinski definition) is 1. The first kappa shape index (κ1) is 13.1. The minimum Gasteiger partial charge on any atom is -0.480 e. The number of halogens is 2. The number of likely N-dealkylation sites (N-methyl/N-ethyl adjacent to an activating group) is 1. The van der Waals surface area contributed by atoms with E-state index in [1.165, 1.54) is 0 Å². The van der Waals surface area contributed by atoms with Gasteiger partial charge in [0.25, 0.3) is 0 Å². The van der Waals surface area contributed by atoms with Crippen LogP contribution in [-0.4, -0.2) is 24.2 Å². The molecule has 0 radical (unpaired) electrons. The second kappa shape index (κ2) is 5.41. The molecule has 3 nitrogen and oxygen atoms in total. The second-order valence-corrected chi connectivity index (χ2v) is 4.23. The fourth-order valence-corrected chi connectivity index (χ4v) is 1.98. The van der Waals surface area contributed by atoms with Gasteiger partial charge in [-0.05, 0) is 18.6 Å². The molecule has 1 atom stereocenters. The highest BCUT2D eigenvalue weighted by Crippen LogP contribution is 2.32. The van der Waals surface area contributed by atoms with Crippen molar-refractivity contribution in [3.63, 3.8) is 0 Å². The third-order valence-electron chi connectivity index (χ3n) is 2.45. The predicted molar refractivity (Wildman–Crippen MR) is 66.6 cm³/mol. The van der Waals surface area contributed by atoms with Crippen molar-refractivity contribution in [2.75, 3.05) is 11.9 Å². The SMILES string of the molecule is CC[C@@H](C(=O)O)N(C)c1cccc(Cl)c1Cl. The fourth-order valence-electron chi connectivity index (χ4n) is 1.55. The van der Waals surface area contributed by atoms with Crippen molar-refractivity contribution >= 4 is 34.9 Å². The molecule has 0 amide bonds.